The molecule has 1 atom stereocenters. The number of halogens is 1. The minimum atomic E-state index is -0.174. The molecule has 0 radical (unpaired) electrons. The van der Waals surface area contributed by atoms with Crippen molar-refractivity contribution in [3.8, 4) is 0 Å². The number of hydrogen-bond donors (Lipinski definition) is 2. The van der Waals surface area contributed by atoms with E-state index in [1.54, 1.807) is 0 Å². The van der Waals surface area contributed by atoms with Gasteiger partial charge in [-0.3, -0.25) is 9.59 Å². The van der Waals surface area contributed by atoms with Gasteiger partial charge in [-0.2, -0.15) is 0 Å². The fraction of sp³-hybridized carbons (Fsp3) is 0.467. The summed E-state index contributed by atoms with van der Waals surface area (Å²) in [5, 5.41) is 5.59. The number of anilines is 1. The summed E-state index contributed by atoms with van der Waals surface area (Å²) in [5.41, 5.74) is 1.83. The van der Waals surface area contributed by atoms with Crippen LogP contribution < -0.4 is 10.6 Å². The van der Waals surface area contributed by atoms with Crippen LogP contribution in [0.3, 0.4) is 0 Å². The average Bonchev–Trinajstić information content (AvgIpc) is 2.41. The molecule has 0 saturated heterocycles. The van der Waals surface area contributed by atoms with Gasteiger partial charge in [-0.05, 0) is 25.0 Å². The van der Waals surface area contributed by atoms with Gasteiger partial charge in [0.2, 0.25) is 11.8 Å². The standard InChI is InChI=1S/C15H21BrN2O2/c1-3-6-12(16)15(20)17-10-9-14(19)18-13-8-5-4-7-11(13)2/h4-5,7-8,12H,3,6,9-10H2,1-2H3,(H,17,20)(H,18,19)/t12-/m0/s1. The van der Waals surface area contributed by atoms with Crippen LogP contribution >= 0.6 is 15.9 Å². The van der Waals surface area contributed by atoms with Crippen molar-refractivity contribution in [2.75, 3.05) is 11.9 Å². The number of aryl methyl sites for hydroxylation is 1. The Morgan fingerprint density at radius 2 is 2.00 bits per heavy atom. The summed E-state index contributed by atoms with van der Waals surface area (Å²) in [5.74, 6) is -0.156. The molecule has 1 rings (SSSR count). The van der Waals surface area contributed by atoms with Gasteiger partial charge in [0.25, 0.3) is 0 Å². The Hall–Kier alpha value is -1.36. The molecule has 0 aliphatic carbocycles. The first-order chi connectivity index (χ1) is 9.54. The van der Waals surface area contributed by atoms with Crippen molar-refractivity contribution in [1.29, 1.82) is 0 Å². The lowest BCUT2D eigenvalue weighted by Crippen LogP contribution is -2.33. The Morgan fingerprint density at radius 3 is 2.65 bits per heavy atom. The molecule has 1 aromatic carbocycles. The lowest BCUT2D eigenvalue weighted by Gasteiger charge is -2.10. The number of para-hydroxylation sites is 1. The van der Waals surface area contributed by atoms with E-state index in [2.05, 4.69) is 26.6 Å². The molecular weight excluding hydrogens is 320 g/mol. The van der Waals surface area contributed by atoms with Crippen LogP contribution in [0.1, 0.15) is 31.7 Å². The molecule has 0 bridgehead atoms. The third kappa shape index (κ3) is 5.74. The van der Waals surface area contributed by atoms with Crippen molar-refractivity contribution in [3.05, 3.63) is 29.8 Å². The fourth-order valence-electron chi connectivity index (χ4n) is 1.72. The van der Waals surface area contributed by atoms with Crippen LogP contribution in [-0.2, 0) is 9.59 Å². The van der Waals surface area contributed by atoms with Crippen molar-refractivity contribution >= 4 is 33.4 Å². The van der Waals surface area contributed by atoms with E-state index in [9.17, 15) is 9.59 Å². The number of alkyl halides is 1. The molecule has 0 unspecified atom stereocenters. The first-order valence-electron chi connectivity index (χ1n) is 6.81. The first-order valence-corrected chi connectivity index (χ1v) is 7.73. The second kappa shape index (κ2) is 8.74. The summed E-state index contributed by atoms with van der Waals surface area (Å²) in [4.78, 5) is 23.2. The maximum Gasteiger partial charge on any atom is 0.233 e. The second-order valence-electron chi connectivity index (χ2n) is 4.66. The van der Waals surface area contributed by atoms with E-state index in [1.807, 2.05) is 38.1 Å². The molecular formula is C15H21BrN2O2. The molecule has 1 aromatic rings. The molecule has 110 valence electrons. The van der Waals surface area contributed by atoms with Gasteiger partial charge < -0.3 is 10.6 Å². The Balaban J connectivity index is 2.31. The lowest BCUT2D eigenvalue weighted by atomic mass is 10.2. The van der Waals surface area contributed by atoms with Crippen LogP contribution in [0.25, 0.3) is 0 Å². The first kappa shape index (κ1) is 16.7. The molecule has 20 heavy (non-hydrogen) atoms. The summed E-state index contributed by atoms with van der Waals surface area (Å²) in [6.07, 6.45) is 2.00. The van der Waals surface area contributed by atoms with Crippen molar-refractivity contribution in [2.45, 2.75) is 37.9 Å². The summed E-state index contributed by atoms with van der Waals surface area (Å²) in [7, 11) is 0. The van der Waals surface area contributed by atoms with E-state index in [1.165, 1.54) is 0 Å². The largest absolute Gasteiger partial charge is 0.355 e. The fourth-order valence-corrected chi connectivity index (χ4v) is 2.34. The molecule has 0 fully saturated rings. The van der Waals surface area contributed by atoms with E-state index in [0.29, 0.717) is 6.54 Å². The minimum Gasteiger partial charge on any atom is -0.355 e. The van der Waals surface area contributed by atoms with Crippen LogP contribution in [-0.4, -0.2) is 23.2 Å². The summed E-state index contributed by atoms with van der Waals surface area (Å²) in [6, 6.07) is 7.61. The third-order valence-corrected chi connectivity index (χ3v) is 3.77. The monoisotopic (exact) mass is 340 g/mol. The zero-order valence-electron chi connectivity index (χ0n) is 11.9. The average molecular weight is 341 g/mol. The topological polar surface area (TPSA) is 58.2 Å². The van der Waals surface area contributed by atoms with Crippen molar-refractivity contribution in [2.24, 2.45) is 0 Å². The summed E-state index contributed by atoms with van der Waals surface area (Å²) >= 11 is 3.32. The molecule has 0 heterocycles. The second-order valence-corrected chi connectivity index (χ2v) is 5.77. The molecule has 2 amide bonds. The molecule has 4 nitrogen and oxygen atoms in total. The maximum absolute atomic E-state index is 11.8. The number of carbonyl (C=O) groups excluding carboxylic acids is 2. The van der Waals surface area contributed by atoms with E-state index in [-0.39, 0.29) is 23.1 Å². The molecule has 5 heteroatoms. The van der Waals surface area contributed by atoms with E-state index < -0.39 is 0 Å². The number of benzene rings is 1. The van der Waals surface area contributed by atoms with Gasteiger partial charge >= 0.3 is 0 Å². The van der Waals surface area contributed by atoms with Gasteiger partial charge in [-0.25, -0.2) is 0 Å². The Bertz CT molecular complexity index is 463. The maximum atomic E-state index is 11.8. The lowest BCUT2D eigenvalue weighted by molar-refractivity contribution is -0.120. The zero-order chi connectivity index (χ0) is 15.0. The number of rotatable bonds is 7. The van der Waals surface area contributed by atoms with Crippen LogP contribution in [0.15, 0.2) is 24.3 Å². The van der Waals surface area contributed by atoms with Crippen LogP contribution in [0.2, 0.25) is 0 Å². The molecule has 0 aliphatic rings. The van der Waals surface area contributed by atoms with Crippen molar-refractivity contribution in [3.63, 3.8) is 0 Å². The van der Waals surface area contributed by atoms with E-state index >= 15 is 0 Å². The van der Waals surface area contributed by atoms with Crippen LogP contribution in [0.4, 0.5) is 5.69 Å². The number of carbonyl (C=O) groups is 2. The molecule has 0 aliphatic heterocycles. The number of amides is 2. The highest BCUT2D eigenvalue weighted by Crippen LogP contribution is 2.13. The predicted octanol–water partition coefficient (Wildman–Crippen LogP) is 3.00. The summed E-state index contributed by atoms with van der Waals surface area (Å²) in [6.45, 7) is 4.32. The van der Waals surface area contributed by atoms with Gasteiger partial charge in [0.05, 0.1) is 4.83 Å². The summed E-state index contributed by atoms with van der Waals surface area (Å²) < 4.78 is 0. The van der Waals surface area contributed by atoms with Crippen LogP contribution in [0, 0.1) is 6.92 Å². The van der Waals surface area contributed by atoms with Crippen LogP contribution in [0.5, 0.6) is 0 Å². The quantitative estimate of drug-likeness (QED) is 0.749. The van der Waals surface area contributed by atoms with Gasteiger partial charge in [0.15, 0.2) is 0 Å². The normalized spacial score (nSPS) is 11.8. The molecule has 0 aromatic heterocycles. The smallest absolute Gasteiger partial charge is 0.233 e. The molecule has 2 N–H and O–H groups in total. The third-order valence-electron chi connectivity index (χ3n) is 2.90. The minimum absolute atomic E-state index is 0.0597. The number of hydrogen-bond acceptors (Lipinski definition) is 2. The Morgan fingerprint density at radius 1 is 1.30 bits per heavy atom. The highest BCUT2D eigenvalue weighted by molar-refractivity contribution is 9.10. The van der Waals surface area contributed by atoms with Crippen molar-refractivity contribution < 1.29 is 9.59 Å². The highest BCUT2D eigenvalue weighted by atomic mass is 79.9. The van der Waals surface area contributed by atoms with E-state index in [4.69, 9.17) is 0 Å². The SMILES string of the molecule is CCC[C@H](Br)C(=O)NCCC(=O)Nc1ccccc1C. The molecule has 0 spiro atoms. The highest BCUT2D eigenvalue weighted by Gasteiger charge is 2.13. The van der Waals surface area contributed by atoms with E-state index in [0.717, 1.165) is 24.1 Å². The van der Waals surface area contributed by atoms with Gasteiger partial charge in [0.1, 0.15) is 0 Å². The zero-order valence-corrected chi connectivity index (χ0v) is 13.5. The van der Waals surface area contributed by atoms with Gasteiger partial charge in [-0.15, -0.1) is 0 Å². The van der Waals surface area contributed by atoms with Gasteiger partial charge in [-0.1, -0.05) is 47.5 Å². The van der Waals surface area contributed by atoms with Crippen molar-refractivity contribution in [1.82, 2.24) is 5.32 Å². The Labute approximate surface area is 128 Å². The van der Waals surface area contributed by atoms with Gasteiger partial charge in [0, 0.05) is 18.7 Å². The molecule has 0 saturated carbocycles. The predicted molar refractivity (Wildman–Crippen MR) is 85.1 cm³/mol. The Kier molecular flexibility index (Phi) is 7.30. The number of nitrogens with one attached hydrogen (secondary N) is 2.